The van der Waals surface area contributed by atoms with Gasteiger partial charge in [-0.15, -0.1) is 0 Å². The Hall–Kier alpha value is -2.37. The normalized spacial score (nSPS) is 18.2. The molecule has 0 aromatic carbocycles. The van der Waals surface area contributed by atoms with Crippen LogP contribution in [0.15, 0.2) is 30.6 Å². The minimum absolute atomic E-state index is 0.311. The molecule has 0 aliphatic carbocycles. The van der Waals surface area contributed by atoms with E-state index in [1.165, 1.54) is 0 Å². The topological polar surface area (TPSA) is 71.1 Å². The van der Waals surface area contributed by atoms with Gasteiger partial charge < -0.3 is 9.64 Å². The molecular formula is C16H20N4O2. The third-order valence-electron chi connectivity index (χ3n) is 3.97. The Balaban J connectivity index is 1.83. The Labute approximate surface area is 129 Å². The quantitative estimate of drug-likeness (QED) is 0.878. The molecule has 3 rings (SSSR count). The summed E-state index contributed by atoms with van der Waals surface area (Å²) < 4.78 is 5.14. The first-order valence-corrected chi connectivity index (χ1v) is 7.66. The highest BCUT2D eigenvalue weighted by molar-refractivity contribution is 5.94. The number of ether oxygens (including phenoxy) is 1. The van der Waals surface area contributed by atoms with Gasteiger partial charge in [0.25, 0.3) is 0 Å². The number of rotatable bonds is 4. The van der Waals surface area contributed by atoms with Gasteiger partial charge in [-0.2, -0.15) is 5.10 Å². The molecule has 1 aliphatic heterocycles. The molecule has 2 aromatic rings. The molecule has 6 nitrogen and oxygen atoms in total. The van der Waals surface area contributed by atoms with Crippen molar-refractivity contribution in [2.24, 2.45) is 0 Å². The van der Waals surface area contributed by atoms with Crippen LogP contribution in [0, 0.1) is 0 Å². The largest absolute Gasteiger partial charge is 0.462 e. The zero-order valence-corrected chi connectivity index (χ0v) is 12.7. The predicted octanol–water partition coefficient (Wildman–Crippen LogP) is 2.37. The van der Waals surface area contributed by atoms with Gasteiger partial charge in [-0.25, -0.2) is 9.78 Å². The summed E-state index contributed by atoms with van der Waals surface area (Å²) >= 11 is 0. The Morgan fingerprint density at radius 3 is 3.14 bits per heavy atom. The van der Waals surface area contributed by atoms with Gasteiger partial charge >= 0.3 is 5.97 Å². The number of esters is 1. The lowest BCUT2D eigenvalue weighted by Gasteiger charge is -2.33. The first kappa shape index (κ1) is 14.6. The number of pyridine rings is 1. The molecule has 0 saturated carbocycles. The van der Waals surface area contributed by atoms with Crippen LogP contribution in [-0.4, -0.2) is 40.8 Å². The molecule has 1 saturated heterocycles. The van der Waals surface area contributed by atoms with Crippen LogP contribution in [0.5, 0.6) is 0 Å². The molecular weight excluding hydrogens is 280 g/mol. The highest BCUT2D eigenvalue weighted by Gasteiger charge is 2.26. The van der Waals surface area contributed by atoms with Gasteiger partial charge in [-0.3, -0.25) is 5.10 Å². The second kappa shape index (κ2) is 6.60. The molecule has 0 radical (unpaired) electrons. The molecule has 1 N–H and O–H groups in total. The molecule has 0 bridgehead atoms. The number of hydrogen-bond acceptors (Lipinski definition) is 5. The smallest absolute Gasteiger partial charge is 0.341 e. The van der Waals surface area contributed by atoms with Crippen molar-refractivity contribution < 1.29 is 9.53 Å². The van der Waals surface area contributed by atoms with E-state index in [4.69, 9.17) is 4.74 Å². The Morgan fingerprint density at radius 1 is 1.45 bits per heavy atom. The van der Waals surface area contributed by atoms with Crippen molar-refractivity contribution in [2.75, 3.05) is 24.6 Å². The zero-order chi connectivity index (χ0) is 15.4. The third kappa shape index (κ3) is 2.95. The highest BCUT2D eigenvalue weighted by atomic mass is 16.5. The fourth-order valence-electron chi connectivity index (χ4n) is 2.93. The predicted molar refractivity (Wildman–Crippen MR) is 83.0 cm³/mol. The van der Waals surface area contributed by atoms with Crippen molar-refractivity contribution in [1.29, 1.82) is 0 Å². The van der Waals surface area contributed by atoms with Crippen molar-refractivity contribution >= 4 is 11.8 Å². The van der Waals surface area contributed by atoms with Crippen molar-refractivity contribution in [3.8, 4) is 0 Å². The highest BCUT2D eigenvalue weighted by Crippen LogP contribution is 2.29. The summed E-state index contributed by atoms with van der Waals surface area (Å²) in [5.41, 5.74) is 1.67. The minimum Gasteiger partial charge on any atom is -0.462 e. The fraction of sp³-hybridized carbons (Fsp3) is 0.438. The zero-order valence-electron chi connectivity index (χ0n) is 12.7. The van der Waals surface area contributed by atoms with Crippen LogP contribution in [0.25, 0.3) is 0 Å². The number of aromatic nitrogens is 3. The maximum absolute atomic E-state index is 12.1. The standard InChI is InChI=1S/C16H20N4O2/c1-2-22-16(21)13-6-3-8-17-15(13)20-10-4-5-12(11-20)14-7-9-18-19-14/h3,6-9,12H,2,4-5,10-11H2,1H3,(H,18,19)/t12-/m0/s1. The van der Waals surface area contributed by atoms with Gasteiger partial charge in [0.1, 0.15) is 11.4 Å². The van der Waals surface area contributed by atoms with E-state index in [0.29, 0.717) is 23.9 Å². The van der Waals surface area contributed by atoms with E-state index in [0.717, 1.165) is 31.6 Å². The first-order valence-electron chi connectivity index (χ1n) is 7.66. The monoisotopic (exact) mass is 300 g/mol. The average molecular weight is 300 g/mol. The lowest BCUT2D eigenvalue weighted by atomic mass is 9.94. The van der Waals surface area contributed by atoms with Crippen LogP contribution in [0.1, 0.15) is 41.7 Å². The molecule has 0 spiro atoms. The molecule has 1 aliphatic rings. The van der Waals surface area contributed by atoms with Gasteiger partial charge in [0.2, 0.25) is 0 Å². The summed E-state index contributed by atoms with van der Waals surface area (Å²) in [5, 5.41) is 7.08. The molecule has 3 heterocycles. The van der Waals surface area contributed by atoms with E-state index < -0.39 is 0 Å². The summed E-state index contributed by atoms with van der Waals surface area (Å²) in [6.45, 7) is 3.90. The van der Waals surface area contributed by atoms with Crippen LogP contribution < -0.4 is 4.90 Å². The molecule has 2 aromatic heterocycles. The Morgan fingerprint density at radius 2 is 2.36 bits per heavy atom. The lowest BCUT2D eigenvalue weighted by molar-refractivity contribution is 0.0526. The van der Waals surface area contributed by atoms with E-state index in [2.05, 4.69) is 20.1 Å². The van der Waals surface area contributed by atoms with Crippen LogP contribution in [0.2, 0.25) is 0 Å². The second-order valence-corrected chi connectivity index (χ2v) is 5.39. The first-order chi connectivity index (χ1) is 10.8. The van der Waals surface area contributed by atoms with Gasteiger partial charge in [0, 0.05) is 37.1 Å². The van der Waals surface area contributed by atoms with Crippen LogP contribution in [-0.2, 0) is 4.74 Å². The van der Waals surface area contributed by atoms with Crippen molar-refractivity contribution in [3.63, 3.8) is 0 Å². The summed E-state index contributed by atoms with van der Waals surface area (Å²) in [7, 11) is 0. The number of carbonyl (C=O) groups excluding carboxylic acids is 1. The number of carbonyl (C=O) groups is 1. The maximum atomic E-state index is 12.1. The molecule has 22 heavy (non-hydrogen) atoms. The van der Waals surface area contributed by atoms with Gasteiger partial charge in [0.15, 0.2) is 0 Å². The van der Waals surface area contributed by atoms with E-state index in [1.807, 2.05) is 13.0 Å². The number of anilines is 1. The minimum atomic E-state index is -0.311. The van der Waals surface area contributed by atoms with Crippen molar-refractivity contribution in [3.05, 3.63) is 41.9 Å². The van der Waals surface area contributed by atoms with Gasteiger partial charge in [-0.05, 0) is 38.0 Å². The summed E-state index contributed by atoms with van der Waals surface area (Å²) in [5.74, 6) is 0.785. The SMILES string of the molecule is CCOC(=O)c1cccnc1N1CCC[C@H](c2ccn[nH]2)C1. The van der Waals surface area contributed by atoms with Crippen LogP contribution in [0.3, 0.4) is 0 Å². The Bertz CT molecular complexity index is 627. The number of aromatic amines is 1. The molecule has 1 fully saturated rings. The van der Waals surface area contributed by atoms with Crippen LogP contribution >= 0.6 is 0 Å². The lowest BCUT2D eigenvalue weighted by Crippen LogP contribution is -2.36. The number of piperidine rings is 1. The average Bonchev–Trinajstić information content (AvgIpc) is 3.10. The van der Waals surface area contributed by atoms with E-state index in [1.54, 1.807) is 24.5 Å². The number of H-pyrrole nitrogens is 1. The fourth-order valence-corrected chi connectivity index (χ4v) is 2.93. The van der Waals surface area contributed by atoms with Crippen LogP contribution in [0.4, 0.5) is 5.82 Å². The second-order valence-electron chi connectivity index (χ2n) is 5.39. The molecule has 6 heteroatoms. The Kier molecular flexibility index (Phi) is 4.37. The number of nitrogens with zero attached hydrogens (tertiary/aromatic N) is 3. The van der Waals surface area contributed by atoms with E-state index in [-0.39, 0.29) is 5.97 Å². The summed E-state index contributed by atoms with van der Waals surface area (Å²) in [6, 6.07) is 5.56. The molecule has 116 valence electrons. The number of hydrogen-bond donors (Lipinski definition) is 1. The van der Waals surface area contributed by atoms with Crippen molar-refractivity contribution in [1.82, 2.24) is 15.2 Å². The number of nitrogens with one attached hydrogen (secondary N) is 1. The maximum Gasteiger partial charge on any atom is 0.341 e. The van der Waals surface area contributed by atoms with E-state index >= 15 is 0 Å². The summed E-state index contributed by atoms with van der Waals surface area (Å²) in [4.78, 5) is 18.7. The van der Waals surface area contributed by atoms with E-state index in [9.17, 15) is 4.79 Å². The third-order valence-corrected chi connectivity index (χ3v) is 3.97. The molecule has 0 amide bonds. The molecule has 0 unspecified atom stereocenters. The van der Waals surface area contributed by atoms with Crippen molar-refractivity contribution in [2.45, 2.75) is 25.7 Å². The van der Waals surface area contributed by atoms with Gasteiger partial charge in [-0.1, -0.05) is 0 Å². The summed E-state index contributed by atoms with van der Waals surface area (Å²) in [6.07, 6.45) is 5.67. The molecule has 1 atom stereocenters. The van der Waals surface area contributed by atoms with Gasteiger partial charge in [0.05, 0.1) is 6.61 Å².